The van der Waals surface area contributed by atoms with Crippen molar-refractivity contribution in [2.75, 3.05) is 0 Å². The van der Waals surface area contributed by atoms with Crippen molar-refractivity contribution in [3.63, 3.8) is 0 Å². The van der Waals surface area contributed by atoms with Crippen molar-refractivity contribution in [2.24, 2.45) is 0 Å². The van der Waals surface area contributed by atoms with Crippen molar-refractivity contribution in [2.45, 2.75) is 33.1 Å². The number of esters is 1. The molecule has 18 heavy (non-hydrogen) atoms. The zero-order chi connectivity index (χ0) is 13.0. The van der Waals surface area contributed by atoms with Crippen LogP contribution in [0.1, 0.15) is 37.4 Å². The summed E-state index contributed by atoms with van der Waals surface area (Å²) in [5.41, 5.74) is 3.03. The molecule has 0 saturated carbocycles. The Hall–Kier alpha value is -1.90. The standard InChI is InChI=1S/C15H17NO2/c1-3-4-5-12(14-8-9-15(17)18-14)13-7-6-11(2)10-16-13/h6-10H,3-5H2,1-2H3/b14-12+. The lowest BCUT2D eigenvalue weighted by atomic mass is 10.0. The van der Waals surface area contributed by atoms with Gasteiger partial charge in [-0.2, -0.15) is 0 Å². The maximum atomic E-state index is 11.2. The second kappa shape index (κ2) is 5.63. The summed E-state index contributed by atoms with van der Waals surface area (Å²) in [6, 6.07) is 4.00. The maximum absolute atomic E-state index is 11.2. The number of ether oxygens (including phenoxy) is 1. The van der Waals surface area contributed by atoms with E-state index in [9.17, 15) is 4.79 Å². The van der Waals surface area contributed by atoms with Gasteiger partial charge in [0.2, 0.25) is 0 Å². The molecule has 2 rings (SSSR count). The van der Waals surface area contributed by atoms with Gasteiger partial charge in [-0.05, 0) is 37.5 Å². The van der Waals surface area contributed by atoms with Crippen molar-refractivity contribution < 1.29 is 9.53 Å². The number of allylic oxidation sites excluding steroid dienone is 2. The number of cyclic esters (lactones) is 1. The molecule has 0 bridgehead atoms. The van der Waals surface area contributed by atoms with E-state index in [0.29, 0.717) is 5.76 Å². The lowest BCUT2D eigenvalue weighted by molar-refractivity contribution is -0.132. The first-order chi connectivity index (χ1) is 8.70. The first-order valence-electron chi connectivity index (χ1n) is 6.26. The van der Waals surface area contributed by atoms with Gasteiger partial charge in [0, 0.05) is 17.8 Å². The van der Waals surface area contributed by atoms with E-state index in [4.69, 9.17) is 4.74 Å². The average molecular weight is 243 g/mol. The summed E-state index contributed by atoms with van der Waals surface area (Å²) in [4.78, 5) is 15.6. The molecular formula is C15H17NO2. The molecule has 0 spiro atoms. The molecule has 0 aliphatic carbocycles. The molecule has 3 heteroatoms. The quantitative estimate of drug-likeness (QED) is 0.761. The minimum Gasteiger partial charge on any atom is -0.423 e. The van der Waals surface area contributed by atoms with Crippen molar-refractivity contribution in [1.29, 1.82) is 0 Å². The average Bonchev–Trinajstić information content (AvgIpc) is 2.78. The van der Waals surface area contributed by atoms with Crippen LogP contribution in [-0.2, 0) is 9.53 Å². The second-order valence-electron chi connectivity index (χ2n) is 4.42. The molecule has 94 valence electrons. The molecule has 1 aromatic heterocycles. The van der Waals surface area contributed by atoms with Crippen LogP contribution < -0.4 is 0 Å². The third-order valence-corrected chi connectivity index (χ3v) is 2.88. The largest absolute Gasteiger partial charge is 0.423 e. The van der Waals surface area contributed by atoms with Gasteiger partial charge in [-0.1, -0.05) is 19.4 Å². The van der Waals surface area contributed by atoms with Crippen molar-refractivity contribution >= 4 is 11.5 Å². The summed E-state index contributed by atoms with van der Waals surface area (Å²) in [5.74, 6) is 0.343. The highest BCUT2D eigenvalue weighted by molar-refractivity contribution is 5.89. The molecule has 1 aromatic rings. The highest BCUT2D eigenvalue weighted by Crippen LogP contribution is 2.27. The summed E-state index contributed by atoms with van der Waals surface area (Å²) in [5, 5.41) is 0. The number of carbonyl (C=O) groups is 1. The van der Waals surface area contributed by atoms with Gasteiger partial charge in [0.15, 0.2) is 0 Å². The van der Waals surface area contributed by atoms with Crippen LogP contribution in [0.15, 0.2) is 36.2 Å². The number of aryl methyl sites for hydroxylation is 1. The van der Waals surface area contributed by atoms with E-state index >= 15 is 0 Å². The molecule has 1 aliphatic rings. The number of carbonyl (C=O) groups excluding carboxylic acids is 1. The SMILES string of the molecule is CCCC/C(=C1/C=CC(=O)O1)c1ccc(C)cn1. The van der Waals surface area contributed by atoms with Gasteiger partial charge in [0.05, 0.1) is 5.69 Å². The Labute approximate surface area is 107 Å². The number of aromatic nitrogens is 1. The zero-order valence-corrected chi connectivity index (χ0v) is 10.8. The van der Waals surface area contributed by atoms with E-state index in [2.05, 4.69) is 11.9 Å². The predicted molar refractivity (Wildman–Crippen MR) is 70.7 cm³/mol. The lowest BCUT2D eigenvalue weighted by Crippen LogP contribution is -1.97. The van der Waals surface area contributed by atoms with Gasteiger partial charge in [0.25, 0.3) is 0 Å². The molecule has 2 heterocycles. The van der Waals surface area contributed by atoms with Crippen molar-refractivity contribution in [1.82, 2.24) is 4.98 Å². The van der Waals surface area contributed by atoms with Crippen molar-refractivity contribution in [3.05, 3.63) is 47.5 Å². The minimum atomic E-state index is -0.300. The first-order valence-corrected chi connectivity index (χ1v) is 6.26. The molecule has 0 fully saturated rings. The van der Waals surface area contributed by atoms with E-state index in [-0.39, 0.29) is 5.97 Å². The Morgan fingerprint density at radius 3 is 2.72 bits per heavy atom. The van der Waals surface area contributed by atoms with E-state index < -0.39 is 0 Å². The lowest BCUT2D eigenvalue weighted by Gasteiger charge is -2.09. The number of hydrogen-bond acceptors (Lipinski definition) is 3. The molecule has 0 N–H and O–H groups in total. The van der Waals surface area contributed by atoms with E-state index in [0.717, 1.165) is 36.1 Å². The Morgan fingerprint density at radius 2 is 2.17 bits per heavy atom. The zero-order valence-electron chi connectivity index (χ0n) is 10.8. The molecule has 0 aromatic carbocycles. The molecule has 0 radical (unpaired) electrons. The van der Waals surface area contributed by atoms with Crippen LogP contribution in [0.2, 0.25) is 0 Å². The fourth-order valence-corrected chi connectivity index (χ4v) is 1.86. The number of pyridine rings is 1. The summed E-state index contributed by atoms with van der Waals surface area (Å²) in [6.07, 6.45) is 8.05. The minimum absolute atomic E-state index is 0.300. The highest BCUT2D eigenvalue weighted by Gasteiger charge is 2.16. The molecule has 0 unspecified atom stereocenters. The van der Waals surface area contributed by atoms with Crippen LogP contribution in [0, 0.1) is 6.92 Å². The van der Waals surface area contributed by atoms with Crippen molar-refractivity contribution in [3.8, 4) is 0 Å². The van der Waals surface area contributed by atoms with E-state index in [1.165, 1.54) is 6.08 Å². The number of hydrogen-bond donors (Lipinski definition) is 0. The van der Waals surface area contributed by atoms with Crippen LogP contribution in [0.5, 0.6) is 0 Å². The second-order valence-corrected chi connectivity index (χ2v) is 4.42. The first kappa shape index (κ1) is 12.6. The number of nitrogens with zero attached hydrogens (tertiary/aromatic N) is 1. The van der Waals surface area contributed by atoms with Gasteiger partial charge in [-0.3, -0.25) is 4.98 Å². The molecule has 3 nitrogen and oxygen atoms in total. The maximum Gasteiger partial charge on any atom is 0.336 e. The Morgan fingerprint density at radius 1 is 1.33 bits per heavy atom. The third kappa shape index (κ3) is 2.86. The van der Waals surface area contributed by atoms with Crippen LogP contribution in [0.25, 0.3) is 5.57 Å². The van der Waals surface area contributed by atoms with Crippen LogP contribution in [0.3, 0.4) is 0 Å². The number of rotatable bonds is 4. The molecule has 0 atom stereocenters. The van der Waals surface area contributed by atoms with Gasteiger partial charge in [0.1, 0.15) is 5.76 Å². The summed E-state index contributed by atoms with van der Waals surface area (Å²) in [7, 11) is 0. The van der Waals surface area contributed by atoms with Gasteiger partial charge in [-0.25, -0.2) is 4.79 Å². The predicted octanol–water partition coefficient (Wildman–Crippen LogP) is 3.40. The fraction of sp³-hybridized carbons (Fsp3) is 0.333. The van der Waals surface area contributed by atoms with Crippen LogP contribution in [-0.4, -0.2) is 11.0 Å². The normalized spacial score (nSPS) is 16.9. The molecular weight excluding hydrogens is 226 g/mol. The summed E-state index contributed by atoms with van der Waals surface area (Å²) >= 11 is 0. The summed E-state index contributed by atoms with van der Waals surface area (Å²) in [6.45, 7) is 4.15. The smallest absolute Gasteiger partial charge is 0.336 e. The van der Waals surface area contributed by atoms with Crippen LogP contribution >= 0.6 is 0 Å². The fourth-order valence-electron chi connectivity index (χ4n) is 1.86. The molecule has 0 amide bonds. The Bertz CT molecular complexity index is 498. The van der Waals surface area contributed by atoms with Crippen LogP contribution in [0.4, 0.5) is 0 Å². The third-order valence-electron chi connectivity index (χ3n) is 2.88. The van der Waals surface area contributed by atoms with Gasteiger partial charge in [-0.15, -0.1) is 0 Å². The summed E-state index contributed by atoms with van der Waals surface area (Å²) < 4.78 is 5.19. The van der Waals surface area contributed by atoms with Gasteiger partial charge < -0.3 is 4.74 Å². The number of unbranched alkanes of at least 4 members (excludes halogenated alkanes) is 1. The Balaban J connectivity index is 2.34. The van der Waals surface area contributed by atoms with E-state index in [1.807, 2.05) is 25.3 Å². The molecule has 0 saturated heterocycles. The topological polar surface area (TPSA) is 39.2 Å². The monoisotopic (exact) mass is 243 g/mol. The highest BCUT2D eigenvalue weighted by atomic mass is 16.5. The Kier molecular flexibility index (Phi) is 3.92. The van der Waals surface area contributed by atoms with E-state index in [1.54, 1.807) is 6.08 Å². The molecule has 1 aliphatic heterocycles. The van der Waals surface area contributed by atoms with Gasteiger partial charge >= 0.3 is 5.97 Å².